The van der Waals surface area contributed by atoms with Crippen LogP contribution in [0.5, 0.6) is 11.5 Å². The summed E-state index contributed by atoms with van der Waals surface area (Å²) in [7, 11) is 1.47. The van der Waals surface area contributed by atoms with Crippen LogP contribution >= 0.6 is 11.8 Å². The number of carbonyl (C=O) groups is 1. The highest BCUT2D eigenvalue weighted by Crippen LogP contribution is 2.28. The Morgan fingerprint density at radius 2 is 2.29 bits per heavy atom. The van der Waals surface area contributed by atoms with Crippen LogP contribution in [0.4, 0.5) is 4.79 Å². The van der Waals surface area contributed by atoms with Crippen molar-refractivity contribution in [3.63, 3.8) is 0 Å². The van der Waals surface area contributed by atoms with Crippen LogP contribution in [0.3, 0.4) is 0 Å². The summed E-state index contributed by atoms with van der Waals surface area (Å²) >= 11 is 1.03. The van der Waals surface area contributed by atoms with Crippen molar-refractivity contribution in [2.24, 2.45) is 5.73 Å². The van der Waals surface area contributed by atoms with E-state index in [0.29, 0.717) is 16.5 Å². The number of amidine groups is 1. The third-order valence-corrected chi connectivity index (χ3v) is 3.05. The normalized spacial score (nSPS) is 17.4. The van der Waals surface area contributed by atoms with E-state index in [-0.39, 0.29) is 11.0 Å². The predicted octanol–water partition coefficient (Wildman–Crippen LogP) is 0.0463. The zero-order valence-electron chi connectivity index (χ0n) is 9.06. The molecule has 6 heteroatoms. The van der Waals surface area contributed by atoms with Crippen LogP contribution in [-0.2, 0) is 0 Å². The highest BCUT2D eigenvalue weighted by atomic mass is 32.2. The number of ether oxygens (including phenoxy) is 1. The van der Waals surface area contributed by atoms with E-state index in [1.54, 1.807) is 18.2 Å². The Hall–Kier alpha value is -1.95. The fraction of sp³-hybridized carbons (Fsp3) is 0.0909. The number of hydrogen-bond acceptors (Lipinski definition) is 5. The van der Waals surface area contributed by atoms with Gasteiger partial charge in [-0.1, -0.05) is 6.07 Å². The molecule has 1 heterocycles. The summed E-state index contributed by atoms with van der Waals surface area (Å²) in [6.07, 6.45) is 1.75. The largest absolute Gasteiger partial charge is 0.504 e. The van der Waals surface area contributed by atoms with Gasteiger partial charge in [-0.15, -0.1) is 0 Å². The van der Waals surface area contributed by atoms with Gasteiger partial charge in [0, 0.05) is 11.8 Å². The van der Waals surface area contributed by atoms with E-state index in [0.717, 1.165) is 17.3 Å². The molecule has 88 valence electrons. The lowest BCUT2D eigenvalue weighted by Gasteiger charge is -2.03. The van der Waals surface area contributed by atoms with Crippen molar-refractivity contribution in [3.8, 4) is 11.5 Å². The van der Waals surface area contributed by atoms with Gasteiger partial charge in [-0.25, -0.2) is 4.79 Å². The molecule has 4 N–H and O–H groups in total. The van der Waals surface area contributed by atoms with Gasteiger partial charge < -0.3 is 9.84 Å². The van der Waals surface area contributed by atoms with Crippen molar-refractivity contribution in [3.05, 3.63) is 28.7 Å². The van der Waals surface area contributed by atoms with Crippen molar-refractivity contribution in [2.75, 3.05) is 7.11 Å². The maximum Gasteiger partial charge on any atom is 0.372 e. The standard InChI is InChI=1S/C11H10N2O3S/c1-16-8-4-6(2-3-7(8)14)5-9-10(12)13-11(15)17-9/h2-5,14H,1H3,(H2,12,13,15)/p+1/b9-5-. The lowest BCUT2D eigenvalue weighted by atomic mass is 10.2. The molecule has 1 amide bonds. The molecule has 0 spiro atoms. The van der Waals surface area contributed by atoms with Gasteiger partial charge in [0.05, 0.1) is 7.11 Å². The maximum atomic E-state index is 11.1. The Morgan fingerprint density at radius 3 is 2.88 bits per heavy atom. The number of rotatable bonds is 2. The number of nitrogens with one attached hydrogen (secondary N) is 1. The van der Waals surface area contributed by atoms with Crippen LogP contribution in [0.2, 0.25) is 0 Å². The van der Waals surface area contributed by atoms with E-state index < -0.39 is 0 Å². The molecule has 0 aliphatic carbocycles. The molecule has 17 heavy (non-hydrogen) atoms. The molecule has 1 aliphatic heterocycles. The average molecular weight is 251 g/mol. The number of thioether (sulfide) groups is 1. The Morgan fingerprint density at radius 1 is 1.53 bits per heavy atom. The molecule has 0 radical (unpaired) electrons. The smallest absolute Gasteiger partial charge is 0.372 e. The molecule has 0 aromatic heterocycles. The van der Waals surface area contributed by atoms with E-state index in [1.165, 1.54) is 13.2 Å². The molecule has 0 saturated heterocycles. The molecule has 1 aromatic carbocycles. The Labute approximate surface area is 102 Å². The maximum absolute atomic E-state index is 11.1. The monoisotopic (exact) mass is 251 g/mol. The topological polar surface area (TPSA) is 86.5 Å². The van der Waals surface area contributed by atoms with Gasteiger partial charge in [-0.3, -0.25) is 5.73 Å². The molecule has 2 rings (SSSR count). The summed E-state index contributed by atoms with van der Waals surface area (Å²) in [5.41, 5.74) is 6.43. The molecule has 5 nitrogen and oxygen atoms in total. The second kappa shape index (κ2) is 4.50. The Balaban J connectivity index is 2.34. The van der Waals surface area contributed by atoms with E-state index in [4.69, 9.17) is 10.5 Å². The summed E-state index contributed by atoms with van der Waals surface area (Å²) < 4.78 is 4.99. The van der Waals surface area contributed by atoms with Crippen LogP contribution in [0, 0.1) is 0 Å². The number of benzene rings is 1. The fourth-order valence-corrected chi connectivity index (χ4v) is 2.11. The summed E-state index contributed by atoms with van der Waals surface area (Å²) in [5, 5.41) is 9.25. The lowest BCUT2D eigenvalue weighted by molar-refractivity contribution is -0.326. The molecular weight excluding hydrogens is 240 g/mol. The highest BCUT2D eigenvalue weighted by Gasteiger charge is 2.24. The van der Waals surface area contributed by atoms with E-state index in [1.807, 2.05) is 0 Å². The SMILES string of the molecule is COc1cc(/C=C2\SC(=O)[NH+]=C2N)ccc1O. The number of carbonyl (C=O) groups excluding carboxylic acids is 1. The lowest BCUT2D eigenvalue weighted by Crippen LogP contribution is -2.74. The first-order valence-corrected chi connectivity index (χ1v) is 5.62. The number of methoxy groups -OCH3 is 1. The summed E-state index contributed by atoms with van der Waals surface area (Å²) in [5.74, 6) is 0.784. The molecule has 0 saturated carbocycles. The van der Waals surface area contributed by atoms with E-state index in [2.05, 4.69) is 4.99 Å². The van der Waals surface area contributed by atoms with Crippen LogP contribution in [0.25, 0.3) is 6.08 Å². The van der Waals surface area contributed by atoms with Crippen molar-refractivity contribution < 1.29 is 19.6 Å². The van der Waals surface area contributed by atoms with Crippen molar-refractivity contribution in [1.29, 1.82) is 0 Å². The fourth-order valence-electron chi connectivity index (χ4n) is 1.39. The van der Waals surface area contributed by atoms with Crippen LogP contribution < -0.4 is 15.5 Å². The predicted molar refractivity (Wildman–Crippen MR) is 65.8 cm³/mol. The first kappa shape index (κ1) is 11.5. The van der Waals surface area contributed by atoms with Gasteiger partial charge in [-0.05, 0) is 23.8 Å². The summed E-state index contributed by atoms with van der Waals surface area (Å²) in [4.78, 5) is 14.2. The zero-order chi connectivity index (χ0) is 12.4. The molecule has 0 unspecified atom stereocenters. The van der Waals surface area contributed by atoms with Crippen LogP contribution in [0.15, 0.2) is 23.1 Å². The number of phenols is 1. The number of aromatic hydroxyl groups is 1. The van der Waals surface area contributed by atoms with Gasteiger partial charge >= 0.3 is 5.24 Å². The first-order chi connectivity index (χ1) is 8.10. The Kier molecular flexibility index (Phi) is 3.06. The minimum Gasteiger partial charge on any atom is -0.504 e. The third kappa shape index (κ3) is 2.42. The van der Waals surface area contributed by atoms with Gasteiger partial charge in [-0.2, -0.15) is 4.99 Å². The van der Waals surface area contributed by atoms with Crippen LogP contribution in [-0.4, -0.2) is 23.3 Å². The molecular formula is C11H11N2O3S+. The second-order valence-corrected chi connectivity index (χ2v) is 4.38. The molecule has 1 aliphatic rings. The summed E-state index contributed by atoms with van der Waals surface area (Å²) in [6.45, 7) is 0. The minimum atomic E-state index is -0.195. The van der Waals surface area contributed by atoms with E-state index in [9.17, 15) is 9.90 Å². The molecule has 0 fully saturated rings. The number of nitrogens with two attached hydrogens (primary N) is 1. The van der Waals surface area contributed by atoms with Gasteiger partial charge in [0.2, 0.25) is 0 Å². The molecule has 0 bridgehead atoms. The average Bonchev–Trinajstić information content (AvgIpc) is 2.60. The van der Waals surface area contributed by atoms with Gasteiger partial charge in [0.15, 0.2) is 11.5 Å². The third-order valence-electron chi connectivity index (χ3n) is 2.21. The number of amides is 1. The number of phenolic OH excluding ortho intramolecular Hbond substituents is 1. The zero-order valence-corrected chi connectivity index (χ0v) is 9.88. The van der Waals surface area contributed by atoms with Crippen molar-refractivity contribution in [2.45, 2.75) is 0 Å². The van der Waals surface area contributed by atoms with E-state index >= 15 is 0 Å². The van der Waals surface area contributed by atoms with Crippen molar-refractivity contribution >= 4 is 28.9 Å². The first-order valence-electron chi connectivity index (χ1n) is 4.80. The second-order valence-electron chi connectivity index (χ2n) is 3.37. The van der Waals surface area contributed by atoms with Crippen LogP contribution in [0.1, 0.15) is 5.56 Å². The van der Waals surface area contributed by atoms with Gasteiger partial charge in [0.1, 0.15) is 4.91 Å². The molecule has 1 aromatic rings. The quantitative estimate of drug-likeness (QED) is 0.691. The van der Waals surface area contributed by atoms with Crippen molar-refractivity contribution in [1.82, 2.24) is 0 Å². The molecule has 0 atom stereocenters. The summed E-state index contributed by atoms with van der Waals surface area (Å²) in [6, 6.07) is 4.90. The number of hydrogen-bond donors (Lipinski definition) is 3. The minimum absolute atomic E-state index is 0.0693. The van der Waals surface area contributed by atoms with Gasteiger partial charge in [0.25, 0.3) is 5.84 Å². The Bertz CT molecular complexity index is 538. The highest BCUT2D eigenvalue weighted by molar-refractivity contribution is 8.17.